The molecule has 2 aromatic rings. The number of carbonyl (C=O) groups excluding carboxylic acids is 1. The van der Waals surface area contributed by atoms with Crippen molar-refractivity contribution in [3.05, 3.63) is 60.2 Å². The van der Waals surface area contributed by atoms with Crippen molar-refractivity contribution in [3.8, 4) is 11.5 Å². The molecule has 0 bridgehead atoms. The Labute approximate surface area is 106 Å². The van der Waals surface area contributed by atoms with Gasteiger partial charge >= 0.3 is 0 Å². The van der Waals surface area contributed by atoms with E-state index >= 15 is 0 Å². The van der Waals surface area contributed by atoms with Gasteiger partial charge in [0.05, 0.1) is 0 Å². The molecule has 0 radical (unpaired) electrons. The Morgan fingerprint density at radius 2 is 1.72 bits per heavy atom. The highest BCUT2D eigenvalue weighted by molar-refractivity contribution is 5.51. The van der Waals surface area contributed by atoms with Crippen LogP contribution in [0.5, 0.6) is 11.5 Å². The van der Waals surface area contributed by atoms with Gasteiger partial charge < -0.3 is 14.6 Å². The Hall–Kier alpha value is -2.29. The first kappa shape index (κ1) is 12.2. The Bertz CT molecular complexity index is 491. The molecule has 0 fully saturated rings. The molecule has 3 nitrogen and oxygen atoms in total. The molecule has 2 aromatic carbocycles. The van der Waals surface area contributed by atoms with Crippen molar-refractivity contribution in [3.63, 3.8) is 0 Å². The number of phenols is 1. The normalized spacial score (nSPS) is 11.8. The average Bonchev–Trinajstić information content (AvgIpc) is 2.40. The van der Waals surface area contributed by atoms with E-state index in [0.717, 1.165) is 17.6 Å². The summed E-state index contributed by atoms with van der Waals surface area (Å²) >= 11 is 0. The van der Waals surface area contributed by atoms with Crippen LogP contribution in [0.1, 0.15) is 18.1 Å². The number of rotatable bonds is 5. The van der Waals surface area contributed by atoms with Gasteiger partial charge in [-0.25, -0.2) is 0 Å². The summed E-state index contributed by atoms with van der Waals surface area (Å²) in [5.41, 5.74) is 0.865. The van der Waals surface area contributed by atoms with Crippen LogP contribution >= 0.6 is 0 Å². The van der Waals surface area contributed by atoms with Crippen LogP contribution in [-0.2, 0) is 4.79 Å². The van der Waals surface area contributed by atoms with E-state index in [9.17, 15) is 9.90 Å². The van der Waals surface area contributed by atoms with E-state index < -0.39 is 0 Å². The summed E-state index contributed by atoms with van der Waals surface area (Å²) in [6.45, 7) is 0. The summed E-state index contributed by atoms with van der Waals surface area (Å²) in [5, 5.41) is 9.25. The number of aromatic hydroxyl groups is 1. The number of para-hydroxylation sites is 1. The molecule has 0 aliphatic heterocycles. The van der Waals surface area contributed by atoms with Crippen LogP contribution < -0.4 is 4.74 Å². The SMILES string of the molecule is O=CCC(Oc1ccccc1)c1ccc(O)cc1. The molecule has 1 unspecified atom stereocenters. The molecule has 1 atom stereocenters. The fourth-order valence-corrected chi connectivity index (χ4v) is 1.69. The first-order chi connectivity index (χ1) is 8.79. The number of phenolic OH excluding ortho intramolecular Hbond substituents is 1. The van der Waals surface area contributed by atoms with Crippen LogP contribution in [0, 0.1) is 0 Å². The molecular formula is C15H14O3. The van der Waals surface area contributed by atoms with E-state index in [1.165, 1.54) is 0 Å². The van der Waals surface area contributed by atoms with Crippen molar-refractivity contribution in [1.82, 2.24) is 0 Å². The maximum absolute atomic E-state index is 10.7. The highest BCUT2D eigenvalue weighted by Gasteiger charge is 2.12. The van der Waals surface area contributed by atoms with Gasteiger partial charge in [0, 0.05) is 6.42 Å². The molecule has 1 N–H and O–H groups in total. The van der Waals surface area contributed by atoms with Crippen molar-refractivity contribution >= 4 is 6.29 Å². The first-order valence-electron chi connectivity index (χ1n) is 5.74. The smallest absolute Gasteiger partial charge is 0.130 e. The van der Waals surface area contributed by atoms with E-state index in [4.69, 9.17) is 4.74 Å². The molecule has 0 spiro atoms. The van der Waals surface area contributed by atoms with Crippen LogP contribution in [0.4, 0.5) is 0 Å². The van der Waals surface area contributed by atoms with Crippen LogP contribution in [0.2, 0.25) is 0 Å². The predicted molar refractivity (Wildman–Crippen MR) is 68.6 cm³/mol. The molecule has 18 heavy (non-hydrogen) atoms. The Kier molecular flexibility index (Phi) is 3.97. The van der Waals surface area contributed by atoms with Gasteiger partial charge in [0.25, 0.3) is 0 Å². The Morgan fingerprint density at radius 1 is 1.06 bits per heavy atom. The van der Waals surface area contributed by atoms with E-state index in [1.807, 2.05) is 30.3 Å². The molecule has 0 saturated heterocycles. The fourth-order valence-electron chi connectivity index (χ4n) is 1.69. The summed E-state index contributed by atoms with van der Waals surface area (Å²) < 4.78 is 5.77. The zero-order valence-corrected chi connectivity index (χ0v) is 9.82. The number of hydrogen-bond donors (Lipinski definition) is 1. The molecule has 0 amide bonds. The van der Waals surface area contributed by atoms with Crippen molar-refractivity contribution in [2.24, 2.45) is 0 Å². The van der Waals surface area contributed by atoms with Crippen LogP contribution in [-0.4, -0.2) is 11.4 Å². The molecule has 3 heteroatoms. The minimum Gasteiger partial charge on any atom is -0.508 e. The van der Waals surface area contributed by atoms with Crippen molar-refractivity contribution in [2.45, 2.75) is 12.5 Å². The van der Waals surface area contributed by atoms with Gasteiger partial charge in [-0.05, 0) is 29.8 Å². The highest BCUT2D eigenvalue weighted by Crippen LogP contribution is 2.25. The van der Waals surface area contributed by atoms with Crippen LogP contribution in [0.3, 0.4) is 0 Å². The maximum Gasteiger partial charge on any atom is 0.130 e. The maximum atomic E-state index is 10.7. The van der Waals surface area contributed by atoms with Gasteiger partial charge in [0.15, 0.2) is 0 Å². The third-order valence-electron chi connectivity index (χ3n) is 2.60. The predicted octanol–water partition coefficient (Wildman–Crippen LogP) is 3.10. The van der Waals surface area contributed by atoms with Crippen molar-refractivity contribution in [1.29, 1.82) is 0 Å². The molecule has 0 aliphatic carbocycles. The fraction of sp³-hybridized carbons (Fsp3) is 0.133. The molecular weight excluding hydrogens is 228 g/mol. The standard InChI is InChI=1S/C15H14O3/c16-11-10-15(12-6-8-13(17)9-7-12)18-14-4-2-1-3-5-14/h1-9,11,15,17H,10H2. The van der Waals surface area contributed by atoms with Gasteiger partial charge in [-0.3, -0.25) is 0 Å². The number of carbonyl (C=O) groups is 1. The number of aldehydes is 1. The lowest BCUT2D eigenvalue weighted by Crippen LogP contribution is -2.08. The lowest BCUT2D eigenvalue weighted by molar-refractivity contribution is -0.109. The van der Waals surface area contributed by atoms with Gasteiger partial charge in [-0.2, -0.15) is 0 Å². The van der Waals surface area contributed by atoms with Crippen LogP contribution in [0.25, 0.3) is 0 Å². The van der Waals surface area contributed by atoms with E-state index in [1.54, 1.807) is 24.3 Å². The topological polar surface area (TPSA) is 46.5 Å². The molecule has 0 saturated carbocycles. The van der Waals surface area contributed by atoms with Crippen molar-refractivity contribution in [2.75, 3.05) is 0 Å². The van der Waals surface area contributed by atoms with Gasteiger partial charge in [0.1, 0.15) is 23.9 Å². The number of hydrogen-bond acceptors (Lipinski definition) is 3. The largest absolute Gasteiger partial charge is 0.508 e. The quantitative estimate of drug-likeness (QED) is 0.819. The highest BCUT2D eigenvalue weighted by atomic mass is 16.5. The monoisotopic (exact) mass is 242 g/mol. The van der Waals surface area contributed by atoms with Crippen LogP contribution in [0.15, 0.2) is 54.6 Å². The summed E-state index contributed by atoms with van der Waals surface area (Å²) in [6, 6.07) is 16.0. The second kappa shape index (κ2) is 5.87. The third kappa shape index (κ3) is 3.10. The average molecular weight is 242 g/mol. The van der Waals surface area contributed by atoms with Crippen molar-refractivity contribution < 1.29 is 14.6 Å². The van der Waals surface area contributed by atoms with Gasteiger partial charge in [-0.15, -0.1) is 0 Å². The Morgan fingerprint density at radius 3 is 2.33 bits per heavy atom. The van der Waals surface area contributed by atoms with E-state index in [2.05, 4.69) is 0 Å². The Balaban J connectivity index is 2.18. The number of benzene rings is 2. The second-order valence-corrected chi connectivity index (χ2v) is 3.91. The van der Waals surface area contributed by atoms with E-state index in [-0.39, 0.29) is 18.3 Å². The summed E-state index contributed by atoms with van der Waals surface area (Å²) in [5.74, 6) is 0.917. The second-order valence-electron chi connectivity index (χ2n) is 3.91. The minimum absolute atomic E-state index is 0.198. The van der Waals surface area contributed by atoms with E-state index in [0.29, 0.717) is 0 Å². The zero-order valence-electron chi connectivity index (χ0n) is 9.82. The van der Waals surface area contributed by atoms with Gasteiger partial charge in [0.2, 0.25) is 0 Å². The first-order valence-corrected chi connectivity index (χ1v) is 5.74. The minimum atomic E-state index is -0.328. The molecule has 92 valence electrons. The summed E-state index contributed by atoms with van der Waals surface area (Å²) in [4.78, 5) is 10.7. The number of ether oxygens (including phenoxy) is 1. The lowest BCUT2D eigenvalue weighted by Gasteiger charge is -2.17. The summed E-state index contributed by atoms with van der Waals surface area (Å²) in [7, 11) is 0. The lowest BCUT2D eigenvalue weighted by atomic mass is 10.1. The van der Waals surface area contributed by atoms with Gasteiger partial charge in [-0.1, -0.05) is 30.3 Å². The molecule has 0 heterocycles. The molecule has 0 aliphatic rings. The zero-order chi connectivity index (χ0) is 12.8. The summed E-state index contributed by atoms with van der Waals surface area (Å²) in [6.07, 6.45) is 0.783. The molecule has 2 rings (SSSR count). The third-order valence-corrected chi connectivity index (χ3v) is 2.60. The molecule has 0 aromatic heterocycles.